The molecule has 1 N–H and O–H groups in total. The Hall–Kier alpha value is -2.11. The van der Waals surface area contributed by atoms with E-state index < -0.39 is 5.97 Å². The normalized spacial score (nSPS) is 19.6. The summed E-state index contributed by atoms with van der Waals surface area (Å²) in [6.45, 7) is 1.47. The Kier molecular flexibility index (Phi) is 3.99. The largest absolute Gasteiger partial charge is 0.481 e. The Bertz CT molecular complexity index is 463. The van der Waals surface area contributed by atoms with Crippen molar-refractivity contribution in [1.29, 1.82) is 0 Å². The standard InChI is InChI=1S/C13H17N3O3/c1-15-7-11(6-12(17)18)9-16(13(15)19)8-10-2-4-14-5-3-10/h2-5,11H,6-9H2,1H3,(H,17,18). The number of hydrogen-bond donors (Lipinski definition) is 1. The fraction of sp³-hybridized carbons (Fsp3) is 0.462. The topological polar surface area (TPSA) is 73.7 Å². The van der Waals surface area contributed by atoms with Gasteiger partial charge >= 0.3 is 12.0 Å². The molecule has 2 heterocycles. The lowest BCUT2D eigenvalue weighted by atomic mass is 10.0. The molecule has 1 aliphatic heterocycles. The second-order valence-corrected chi connectivity index (χ2v) is 4.86. The average molecular weight is 263 g/mol. The van der Waals surface area contributed by atoms with Crippen molar-refractivity contribution < 1.29 is 14.7 Å². The molecule has 102 valence electrons. The van der Waals surface area contributed by atoms with E-state index in [2.05, 4.69) is 4.98 Å². The van der Waals surface area contributed by atoms with Gasteiger partial charge in [-0.2, -0.15) is 0 Å². The van der Waals surface area contributed by atoms with Crippen molar-refractivity contribution in [2.75, 3.05) is 20.1 Å². The van der Waals surface area contributed by atoms with E-state index in [1.54, 1.807) is 29.2 Å². The molecular formula is C13H17N3O3. The van der Waals surface area contributed by atoms with Crippen LogP contribution in [-0.4, -0.2) is 52.0 Å². The van der Waals surface area contributed by atoms with E-state index in [1.165, 1.54) is 0 Å². The first-order chi connectivity index (χ1) is 9.06. The summed E-state index contributed by atoms with van der Waals surface area (Å²) in [5.41, 5.74) is 0.993. The van der Waals surface area contributed by atoms with Gasteiger partial charge in [-0.05, 0) is 17.7 Å². The second kappa shape index (κ2) is 5.69. The Morgan fingerprint density at radius 1 is 1.42 bits per heavy atom. The number of amides is 2. The highest BCUT2D eigenvalue weighted by atomic mass is 16.4. The van der Waals surface area contributed by atoms with Gasteiger partial charge in [0.05, 0.1) is 6.42 Å². The van der Waals surface area contributed by atoms with E-state index >= 15 is 0 Å². The third-order valence-corrected chi connectivity index (χ3v) is 3.19. The molecule has 1 aliphatic rings. The van der Waals surface area contributed by atoms with E-state index in [-0.39, 0.29) is 18.4 Å². The molecule has 6 nitrogen and oxygen atoms in total. The average Bonchev–Trinajstić information content (AvgIpc) is 2.36. The molecule has 0 spiro atoms. The number of pyridine rings is 1. The molecule has 1 unspecified atom stereocenters. The van der Waals surface area contributed by atoms with Crippen LogP contribution in [0.3, 0.4) is 0 Å². The molecule has 1 saturated heterocycles. The molecule has 0 saturated carbocycles. The highest BCUT2D eigenvalue weighted by Crippen LogP contribution is 2.18. The van der Waals surface area contributed by atoms with Crippen LogP contribution in [0.5, 0.6) is 0 Å². The number of urea groups is 1. The number of hydrogen-bond acceptors (Lipinski definition) is 3. The first-order valence-electron chi connectivity index (χ1n) is 6.17. The van der Waals surface area contributed by atoms with Gasteiger partial charge in [0.15, 0.2) is 0 Å². The number of rotatable bonds is 4. The van der Waals surface area contributed by atoms with Crippen LogP contribution in [0.15, 0.2) is 24.5 Å². The lowest BCUT2D eigenvalue weighted by Crippen LogP contribution is -2.51. The molecule has 1 aromatic heterocycles. The molecule has 0 aliphatic carbocycles. The summed E-state index contributed by atoms with van der Waals surface area (Å²) in [5.74, 6) is -0.848. The summed E-state index contributed by atoms with van der Waals surface area (Å²) < 4.78 is 0. The Morgan fingerprint density at radius 2 is 2.11 bits per heavy atom. The molecule has 6 heteroatoms. The number of nitrogens with zero attached hydrogens (tertiary/aromatic N) is 3. The van der Waals surface area contributed by atoms with Gasteiger partial charge in [0.2, 0.25) is 0 Å². The van der Waals surface area contributed by atoms with E-state index in [4.69, 9.17) is 5.11 Å². The van der Waals surface area contributed by atoms with E-state index in [0.717, 1.165) is 5.56 Å². The van der Waals surface area contributed by atoms with Crippen molar-refractivity contribution in [3.8, 4) is 0 Å². The number of carboxylic acids is 1. The van der Waals surface area contributed by atoms with Crippen LogP contribution in [0, 0.1) is 5.92 Å². The number of aliphatic carboxylic acids is 1. The van der Waals surface area contributed by atoms with Crippen LogP contribution in [0.1, 0.15) is 12.0 Å². The highest BCUT2D eigenvalue weighted by Gasteiger charge is 2.30. The van der Waals surface area contributed by atoms with Gasteiger partial charge in [-0.15, -0.1) is 0 Å². The summed E-state index contributed by atoms with van der Waals surface area (Å²) in [6.07, 6.45) is 3.45. The van der Waals surface area contributed by atoms with Gasteiger partial charge in [-0.25, -0.2) is 4.79 Å². The van der Waals surface area contributed by atoms with Crippen molar-refractivity contribution >= 4 is 12.0 Å². The third kappa shape index (κ3) is 3.43. The SMILES string of the molecule is CN1CC(CC(=O)O)CN(Cc2ccncc2)C1=O. The van der Waals surface area contributed by atoms with Crippen molar-refractivity contribution in [3.63, 3.8) is 0 Å². The van der Waals surface area contributed by atoms with Gasteiger partial charge in [0, 0.05) is 45.0 Å². The van der Waals surface area contributed by atoms with Gasteiger partial charge in [-0.1, -0.05) is 0 Å². The van der Waals surface area contributed by atoms with E-state index in [0.29, 0.717) is 19.6 Å². The van der Waals surface area contributed by atoms with Gasteiger partial charge < -0.3 is 14.9 Å². The van der Waals surface area contributed by atoms with Crippen LogP contribution in [0.25, 0.3) is 0 Å². The van der Waals surface area contributed by atoms with Gasteiger partial charge in [0.1, 0.15) is 0 Å². The summed E-state index contributed by atoms with van der Waals surface area (Å²) in [6, 6.07) is 3.65. The predicted molar refractivity (Wildman–Crippen MR) is 68.4 cm³/mol. The molecule has 0 aromatic carbocycles. The number of carboxylic acid groups (broad SMARTS) is 1. The van der Waals surface area contributed by atoms with E-state index in [1.807, 2.05) is 12.1 Å². The molecule has 0 bridgehead atoms. The van der Waals surface area contributed by atoms with Crippen molar-refractivity contribution in [2.24, 2.45) is 5.92 Å². The zero-order chi connectivity index (χ0) is 13.8. The first-order valence-corrected chi connectivity index (χ1v) is 6.17. The van der Waals surface area contributed by atoms with Crippen molar-refractivity contribution in [3.05, 3.63) is 30.1 Å². The maximum Gasteiger partial charge on any atom is 0.320 e. The van der Waals surface area contributed by atoms with Gasteiger partial charge in [-0.3, -0.25) is 9.78 Å². The second-order valence-electron chi connectivity index (χ2n) is 4.86. The monoisotopic (exact) mass is 263 g/mol. The molecule has 1 atom stereocenters. The van der Waals surface area contributed by atoms with Gasteiger partial charge in [0.25, 0.3) is 0 Å². The van der Waals surface area contributed by atoms with Crippen LogP contribution in [0.2, 0.25) is 0 Å². The minimum atomic E-state index is -0.823. The number of carbonyl (C=O) groups is 2. The Labute approximate surface area is 111 Å². The molecule has 19 heavy (non-hydrogen) atoms. The first kappa shape index (κ1) is 13.3. The van der Waals surface area contributed by atoms with E-state index in [9.17, 15) is 9.59 Å². The third-order valence-electron chi connectivity index (χ3n) is 3.19. The summed E-state index contributed by atoms with van der Waals surface area (Å²) in [4.78, 5) is 30.0. The number of aromatic nitrogens is 1. The predicted octanol–water partition coefficient (Wildman–Crippen LogP) is 1.04. The zero-order valence-electron chi connectivity index (χ0n) is 10.8. The fourth-order valence-corrected chi connectivity index (χ4v) is 2.37. The lowest BCUT2D eigenvalue weighted by molar-refractivity contribution is -0.138. The smallest absolute Gasteiger partial charge is 0.320 e. The van der Waals surface area contributed by atoms with Crippen LogP contribution in [-0.2, 0) is 11.3 Å². The van der Waals surface area contributed by atoms with Crippen LogP contribution >= 0.6 is 0 Å². The Morgan fingerprint density at radius 3 is 2.74 bits per heavy atom. The molecule has 2 rings (SSSR count). The molecular weight excluding hydrogens is 246 g/mol. The minimum Gasteiger partial charge on any atom is -0.481 e. The summed E-state index contributed by atoms with van der Waals surface area (Å²) in [5, 5.41) is 8.86. The quantitative estimate of drug-likeness (QED) is 0.880. The number of carbonyl (C=O) groups excluding carboxylic acids is 1. The zero-order valence-corrected chi connectivity index (χ0v) is 10.8. The fourth-order valence-electron chi connectivity index (χ4n) is 2.37. The molecule has 0 radical (unpaired) electrons. The maximum atomic E-state index is 12.0. The summed E-state index contributed by atoms with van der Waals surface area (Å²) in [7, 11) is 1.70. The Balaban J connectivity index is 2.05. The van der Waals surface area contributed by atoms with Crippen LogP contribution in [0.4, 0.5) is 4.79 Å². The summed E-state index contributed by atoms with van der Waals surface area (Å²) >= 11 is 0. The molecule has 1 aromatic rings. The van der Waals surface area contributed by atoms with Crippen molar-refractivity contribution in [1.82, 2.24) is 14.8 Å². The van der Waals surface area contributed by atoms with Crippen LogP contribution < -0.4 is 0 Å². The van der Waals surface area contributed by atoms with Crippen molar-refractivity contribution in [2.45, 2.75) is 13.0 Å². The molecule has 2 amide bonds. The lowest BCUT2D eigenvalue weighted by Gasteiger charge is -2.38. The minimum absolute atomic E-state index is 0.0259. The molecule has 1 fully saturated rings. The maximum absolute atomic E-state index is 12.0. The highest BCUT2D eigenvalue weighted by molar-refractivity contribution is 5.75.